The van der Waals surface area contributed by atoms with Gasteiger partial charge in [-0.05, 0) is 42.3 Å². The Bertz CT molecular complexity index is 520. The number of hydrogen-bond donors (Lipinski definition) is 1. The molecule has 0 unspecified atom stereocenters. The molecule has 0 atom stereocenters. The Labute approximate surface area is 112 Å². The van der Waals surface area contributed by atoms with E-state index < -0.39 is 0 Å². The summed E-state index contributed by atoms with van der Waals surface area (Å²) in [6.45, 7) is 0. The summed E-state index contributed by atoms with van der Waals surface area (Å²) < 4.78 is 5.70. The molecule has 3 heteroatoms. The average Bonchev–Trinajstić information content (AvgIpc) is 2.38. The number of carbonyl (C=O) groups excluding carboxylic acids is 1. The van der Waals surface area contributed by atoms with Crippen molar-refractivity contribution in [3.05, 3.63) is 54.1 Å². The van der Waals surface area contributed by atoms with Gasteiger partial charge in [-0.1, -0.05) is 18.2 Å². The van der Waals surface area contributed by atoms with E-state index in [1.54, 1.807) is 0 Å². The van der Waals surface area contributed by atoms with Crippen molar-refractivity contribution in [2.75, 3.05) is 0 Å². The van der Waals surface area contributed by atoms with Crippen LogP contribution in [0.5, 0.6) is 11.5 Å². The van der Waals surface area contributed by atoms with E-state index in [4.69, 9.17) is 4.74 Å². The van der Waals surface area contributed by atoms with Crippen molar-refractivity contribution in [2.24, 2.45) is 0 Å². The summed E-state index contributed by atoms with van der Waals surface area (Å²) in [5.74, 6) is 1.55. The molecule has 0 saturated carbocycles. The molecule has 0 bridgehead atoms. The summed E-state index contributed by atoms with van der Waals surface area (Å²) in [6, 6.07) is 15.3. The second kappa shape index (κ2) is 6.26. The second-order valence-corrected chi connectivity index (χ2v) is 4.47. The summed E-state index contributed by atoms with van der Waals surface area (Å²) >= 11 is 4.26. The monoisotopic (exact) mass is 258 g/mol. The van der Waals surface area contributed by atoms with Crippen LogP contribution in [0, 0.1) is 0 Å². The van der Waals surface area contributed by atoms with Crippen LogP contribution in [0.1, 0.15) is 12.0 Å². The van der Waals surface area contributed by atoms with Gasteiger partial charge in [0, 0.05) is 11.3 Å². The van der Waals surface area contributed by atoms with Crippen molar-refractivity contribution in [2.45, 2.75) is 17.7 Å². The van der Waals surface area contributed by atoms with Crippen LogP contribution in [0.2, 0.25) is 0 Å². The second-order valence-electron chi connectivity index (χ2n) is 3.95. The molecular weight excluding hydrogens is 244 g/mol. The lowest BCUT2D eigenvalue weighted by molar-refractivity contribution is -0.107. The third-order valence-electron chi connectivity index (χ3n) is 2.53. The number of ether oxygens (including phenoxy) is 1. The van der Waals surface area contributed by atoms with Crippen molar-refractivity contribution < 1.29 is 9.53 Å². The Kier molecular flexibility index (Phi) is 4.42. The third-order valence-corrected chi connectivity index (χ3v) is 2.81. The fourth-order valence-corrected chi connectivity index (χ4v) is 1.85. The molecule has 0 saturated heterocycles. The summed E-state index contributed by atoms with van der Waals surface area (Å²) in [4.78, 5) is 11.2. The van der Waals surface area contributed by atoms with Gasteiger partial charge >= 0.3 is 0 Å². The summed E-state index contributed by atoms with van der Waals surface area (Å²) in [6.07, 6.45) is 2.26. The molecule has 2 aromatic carbocycles. The molecule has 2 aromatic rings. The average molecular weight is 258 g/mol. The topological polar surface area (TPSA) is 26.3 Å². The normalized spacial score (nSPS) is 10.1. The Morgan fingerprint density at radius 3 is 2.50 bits per heavy atom. The fraction of sp³-hybridized carbons (Fsp3) is 0.133. The molecule has 0 aromatic heterocycles. The number of thiol groups is 1. The lowest BCUT2D eigenvalue weighted by Crippen LogP contribution is -1.88. The SMILES string of the molecule is O=CCCc1ccc(Oc2cccc(S)c2)cc1. The zero-order valence-corrected chi connectivity index (χ0v) is 10.8. The van der Waals surface area contributed by atoms with E-state index in [2.05, 4.69) is 12.6 Å². The molecule has 0 amide bonds. The van der Waals surface area contributed by atoms with Crippen LogP contribution in [0.3, 0.4) is 0 Å². The van der Waals surface area contributed by atoms with Crippen LogP contribution in [-0.4, -0.2) is 6.29 Å². The third kappa shape index (κ3) is 3.64. The van der Waals surface area contributed by atoms with Crippen molar-refractivity contribution in [1.29, 1.82) is 0 Å². The van der Waals surface area contributed by atoms with Crippen molar-refractivity contribution in [1.82, 2.24) is 0 Å². The molecule has 0 aliphatic rings. The smallest absolute Gasteiger partial charge is 0.128 e. The van der Waals surface area contributed by atoms with E-state index in [-0.39, 0.29) is 0 Å². The molecular formula is C15H14O2S. The molecule has 18 heavy (non-hydrogen) atoms. The highest BCUT2D eigenvalue weighted by Gasteiger charge is 1.98. The largest absolute Gasteiger partial charge is 0.457 e. The zero-order chi connectivity index (χ0) is 12.8. The predicted octanol–water partition coefficient (Wildman–Crippen LogP) is 3.90. The van der Waals surface area contributed by atoms with Gasteiger partial charge in [-0.25, -0.2) is 0 Å². The van der Waals surface area contributed by atoms with Gasteiger partial charge in [0.05, 0.1) is 0 Å². The molecule has 92 valence electrons. The molecule has 0 aliphatic heterocycles. The van der Waals surface area contributed by atoms with Gasteiger partial charge in [-0.3, -0.25) is 0 Å². The maximum absolute atomic E-state index is 10.3. The van der Waals surface area contributed by atoms with Crippen LogP contribution in [0.25, 0.3) is 0 Å². The first-order chi connectivity index (χ1) is 8.78. The minimum atomic E-state index is 0.557. The van der Waals surface area contributed by atoms with Crippen LogP contribution >= 0.6 is 12.6 Å². The Morgan fingerprint density at radius 1 is 1.06 bits per heavy atom. The highest BCUT2D eigenvalue weighted by atomic mass is 32.1. The first-order valence-electron chi connectivity index (χ1n) is 5.77. The zero-order valence-electron chi connectivity index (χ0n) is 9.87. The highest BCUT2D eigenvalue weighted by molar-refractivity contribution is 7.80. The van der Waals surface area contributed by atoms with Crippen molar-refractivity contribution in [3.63, 3.8) is 0 Å². The summed E-state index contributed by atoms with van der Waals surface area (Å²) in [5.41, 5.74) is 1.14. The number of aldehydes is 1. The highest BCUT2D eigenvalue weighted by Crippen LogP contribution is 2.23. The van der Waals surface area contributed by atoms with Crippen LogP contribution in [-0.2, 0) is 11.2 Å². The fourth-order valence-electron chi connectivity index (χ4n) is 1.63. The minimum absolute atomic E-state index is 0.557. The van der Waals surface area contributed by atoms with E-state index >= 15 is 0 Å². The van der Waals surface area contributed by atoms with E-state index in [9.17, 15) is 4.79 Å². The van der Waals surface area contributed by atoms with Crippen LogP contribution < -0.4 is 4.74 Å². The van der Waals surface area contributed by atoms with Gasteiger partial charge in [0.2, 0.25) is 0 Å². The van der Waals surface area contributed by atoms with Crippen LogP contribution in [0.4, 0.5) is 0 Å². The Balaban J connectivity index is 2.04. The molecule has 0 heterocycles. The van der Waals surface area contributed by atoms with Crippen molar-refractivity contribution >= 4 is 18.9 Å². The number of rotatable bonds is 5. The lowest BCUT2D eigenvalue weighted by Gasteiger charge is -2.06. The van der Waals surface area contributed by atoms with Crippen LogP contribution in [0.15, 0.2) is 53.4 Å². The first-order valence-corrected chi connectivity index (χ1v) is 6.22. The quantitative estimate of drug-likeness (QED) is 0.650. The van der Waals surface area contributed by atoms with Gasteiger partial charge in [0.1, 0.15) is 17.8 Å². The molecule has 2 nitrogen and oxygen atoms in total. The lowest BCUT2D eigenvalue weighted by atomic mass is 10.1. The Hall–Kier alpha value is -1.74. The summed E-state index contributed by atoms with van der Waals surface area (Å²) in [7, 11) is 0. The van der Waals surface area contributed by atoms with Gasteiger partial charge < -0.3 is 9.53 Å². The number of carbonyl (C=O) groups is 1. The van der Waals surface area contributed by atoms with E-state index in [1.165, 1.54) is 0 Å². The predicted molar refractivity (Wildman–Crippen MR) is 74.6 cm³/mol. The maximum atomic E-state index is 10.3. The number of aryl methyl sites for hydroxylation is 1. The Morgan fingerprint density at radius 2 is 1.83 bits per heavy atom. The van der Waals surface area contributed by atoms with Gasteiger partial charge in [0.25, 0.3) is 0 Å². The van der Waals surface area contributed by atoms with Gasteiger partial charge in [-0.15, -0.1) is 12.6 Å². The number of hydrogen-bond acceptors (Lipinski definition) is 3. The minimum Gasteiger partial charge on any atom is -0.457 e. The molecule has 0 N–H and O–H groups in total. The maximum Gasteiger partial charge on any atom is 0.128 e. The molecule has 0 aliphatic carbocycles. The standard InChI is InChI=1S/C15H14O2S/c16-10-2-3-12-6-8-13(9-7-12)17-14-4-1-5-15(18)11-14/h1,4-11,18H,2-3H2. The van der Waals surface area contributed by atoms with Crippen molar-refractivity contribution in [3.8, 4) is 11.5 Å². The van der Waals surface area contributed by atoms with Gasteiger partial charge in [-0.2, -0.15) is 0 Å². The first kappa shape index (κ1) is 12.7. The van der Waals surface area contributed by atoms with E-state index in [0.29, 0.717) is 6.42 Å². The van der Waals surface area contributed by atoms with E-state index in [0.717, 1.165) is 34.7 Å². The number of benzene rings is 2. The molecule has 0 radical (unpaired) electrons. The molecule has 0 spiro atoms. The molecule has 0 fully saturated rings. The molecule has 2 rings (SSSR count). The summed E-state index contributed by atoms with van der Waals surface area (Å²) in [5, 5.41) is 0. The van der Waals surface area contributed by atoms with E-state index in [1.807, 2.05) is 48.5 Å². The van der Waals surface area contributed by atoms with Gasteiger partial charge in [0.15, 0.2) is 0 Å².